The maximum atomic E-state index is 11.3. The molecular formula is C11H23NO2S. The summed E-state index contributed by atoms with van der Waals surface area (Å²) >= 11 is 1.82. The Morgan fingerprint density at radius 2 is 2.00 bits per heavy atom. The first-order chi connectivity index (χ1) is 6.84. The van der Waals surface area contributed by atoms with Crippen LogP contribution in [-0.4, -0.2) is 36.7 Å². The Labute approximate surface area is 97.3 Å². The van der Waals surface area contributed by atoms with Crippen molar-refractivity contribution in [2.75, 3.05) is 19.9 Å². The molecule has 0 radical (unpaired) electrons. The third-order valence-electron chi connectivity index (χ3n) is 2.73. The fourth-order valence-electron chi connectivity index (χ4n) is 1.05. The third-order valence-corrected chi connectivity index (χ3v) is 3.97. The number of rotatable bonds is 6. The molecule has 0 aliphatic rings. The Balaban J connectivity index is 4.03. The van der Waals surface area contributed by atoms with Gasteiger partial charge < -0.3 is 10.1 Å². The van der Waals surface area contributed by atoms with Crippen molar-refractivity contribution in [3.8, 4) is 0 Å². The predicted octanol–water partition coefficient (Wildman–Crippen LogP) is 1.92. The predicted molar refractivity (Wildman–Crippen MR) is 66.2 cm³/mol. The van der Waals surface area contributed by atoms with Crippen LogP contribution >= 0.6 is 11.8 Å². The van der Waals surface area contributed by atoms with E-state index in [4.69, 9.17) is 4.74 Å². The van der Waals surface area contributed by atoms with Crippen molar-refractivity contribution >= 4 is 17.7 Å². The number of nitrogens with one attached hydrogen (secondary N) is 1. The fourth-order valence-corrected chi connectivity index (χ4v) is 1.27. The lowest BCUT2D eigenvalue weighted by Crippen LogP contribution is -2.42. The number of thioether (sulfide) groups is 1. The number of ether oxygens (including phenoxy) is 1. The van der Waals surface area contributed by atoms with E-state index in [0.717, 1.165) is 6.54 Å². The first-order valence-corrected chi connectivity index (χ1v) is 6.43. The molecule has 0 saturated carbocycles. The number of carbonyl (C=O) groups is 1. The molecule has 0 saturated heterocycles. The molecule has 90 valence electrons. The second-order valence-electron chi connectivity index (χ2n) is 4.45. The van der Waals surface area contributed by atoms with Crippen LogP contribution in [0.4, 0.5) is 0 Å². The van der Waals surface area contributed by atoms with Gasteiger partial charge in [0.25, 0.3) is 0 Å². The first kappa shape index (κ1) is 14.8. The van der Waals surface area contributed by atoms with Gasteiger partial charge in [0.05, 0.1) is 13.0 Å². The Morgan fingerprint density at radius 3 is 2.40 bits per heavy atom. The van der Waals surface area contributed by atoms with Crippen LogP contribution in [0.3, 0.4) is 0 Å². The highest BCUT2D eigenvalue weighted by atomic mass is 32.2. The van der Waals surface area contributed by atoms with E-state index < -0.39 is 0 Å². The number of carbonyl (C=O) groups excluding carboxylic acids is 1. The van der Waals surface area contributed by atoms with E-state index in [1.165, 1.54) is 7.11 Å². The molecule has 3 nitrogen and oxygen atoms in total. The zero-order valence-corrected chi connectivity index (χ0v) is 11.4. The Bertz CT molecular complexity index is 207. The molecule has 0 aliphatic carbocycles. The molecule has 0 bridgehead atoms. The van der Waals surface area contributed by atoms with Crippen LogP contribution in [0.5, 0.6) is 0 Å². The van der Waals surface area contributed by atoms with Gasteiger partial charge in [-0.3, -0.25) is 4.79 Å². The van der Waals surface area contributed by atoms with E-state index in [9.17, 15) is 4.79 Å². The molecule has 2 atom stereocenters. The zero-order chi connectivity index (χ0) is 12.1. The van der Waals surface area contributed by atoms with E-state index in [1.807, 2.05) is 25.6 Å². The molecule has 0 amide bonds. The Hall–Kier alpha value is -0.220. The van der Waals surface area contributed by atoms with Gasteiger partial charge in [-0.25, -0.2) is 0 Å². The van der Waals surface area contributed by atoms with Crippen LogP contribution in [0.2, 0.25) is 0 Å². The molecule has 0 fully saturated rings. The van der Waals surface area contributed by atoms with E-state index in [2.05, 4.69) is 25.4 Å². The van der Waals surface area contributed by atoms with Gasteiger partial charge in [0, 0.05) is 17.3 Å². The summed E-state index contributed by atoms with van der Waals surface area (Å²) in [4.78, 5) is 11.3. The van der Waals surface area contributed by atoms with Crippen LogP contribution < -0.4 is 5.32 Å². The van der Waals surface area contributed by atoms with Crippen molar-refractivity contribution in [3.05, 3.63) is 0 Å². The molecule has 0 spiro atoms. The van der Waals surface area contributed by atoms with Crippen LogP contribution in [0.25, 0.3) is 0 Å². The van der Waals surface area contributed by atoms with Crippen LogP contribution in [-0.2, 0) is 9.53 Å². The monoisotopic (exact) mass is 233 g/mol. The van der Waals surface area contributed by atoms with Gasteiger partial charge in [-0.1, -0.05) is 6.92 Å². The minimum Gasteiger partial charge on any atom is -0.469 e. The van der Waals surface area contributed by atoms with E-state index >= 15 is 0 Å². The quantitative estimate of drug-likeness (QED) is 0.711. The van der Waals surface area contributed by atoms with Crippen molar-refractivity contribution in [2.24, 2.45) is 5.92 Å². The minimum atomic E-state index is -0.156. The van der Waals surface area contributed by atoms with E-state index in [-0.39, 0.29) is 22.7 Å². The second-order valence-corrected chi connectivity index (χ2v) is 5.96. The largest absolute Gasteiger partial charge is 0.469 e. The lowest BCUT2D eigenvalue weighted by molar-refractivity contribution is -0.145. The number of esters is 1. The summed E-state index contributed by atoms with van der Waals surface area (Å²) in [5, 5.41) is 3.37. The maximum absolute atomic E-state index is 11.3. The summed E-state index contributed by atoms with van der Waals surface area (Å²) in [5.41, 5.74) is 0. The average molecular weight is 233 g/mol. The number of hydrogen-bond acceptors (Lipinski definition) is 4. The minimum absolute atomic E-state index is 0.104. The molecule has 4 heteroatoms. The topological polar surface area (TPSA) is 38.3 Å². The Morgan fingerprint density at radius 1 is 1.47 bits per heavy atom. The number of methoxy groups -OCH3 is 1. The molecule has 0 aromatic heterocycles. The third kappa shape index (κ3) is 5.42. The van der Waals surface area contributed by atoms with E-state index in [1.54, 1.807) is 0 Å². The first-order valence-electron chi connectivity index (χ1n) is 5.20. The summed E-state index contributed by atoms with van der Waals surface area (Å²) in [6.45, 7) is 9.14. The van der Waals surface area contributed by atoms with Crippen LogP contribution in [0.15, 0.2) is 0 Å². The van der Waals surface area contributed by atoms with Crippen molar-refractivity contribution < 1.29 is 9.53 Å². The van der Waals surface area contributed by atoms with Crippen molar-refractivity contribution in [1.82, 2.24) is 5.32 Å². The number of hydrogen-bond donors (Lipinski definition) is 1. The molecule has 0 aromatic rings. The van der Waals surface area contributed by atoms with Crippen molar-refractivity contribution in [3.63, 3.8) is 0 Å². The summed E-state index contributed by atoms with van der Waals surface area (Å²) in [6, 6.07) is 0.142. The molecule has 0 rings (SSSR count). The summed E-state index contributed by atoms with van der Waals surface area (Å²) in [6.07, 6.45) is 2.09. The van der Waals surface area contributed by atoms with Gasteiger partial charge in [0.1, 0.15) is 0 Å². The zero-order valence-electron chi connectivity index (χ0n) is 10.6. The van der Waals surface area contributed by atoms with Crippen molar-refractivity contribution in [1.29, 1.82) is 0 Å². The van der Waals surface area contributed by atoms with Crippen molar-refractivity contribution in [2.45, 2.75) is 38.5 Å². The lowest BCUT2D eigenvalue weighted by atomic mass is 10.0. The molecular weight excluding hydrogens is 210 g/mol. The van der Waals surface area contributed by atoms with Gasteiger partial charge in [-0.15, -0.1) is 0 Å². The molecule has 0 aliphatic heterocycles. The van der Waals surface area contributed by atoms with Gasteiger partial charge in [0.2, 0.25) is 0 Å². The van der Waals surface area contributed by atoms with Crippen LogP contribution in [0, 0.1) is 5.92 Å². The fraction of sp³-hybridized carbons (Fsp3) is 0.909. The maximum Gasteiger partial charge on any atom is 0.309 e. The highest BCUT2D eigenvalue weighted by Crippen LogP contribution is 2.20. The summed E-state index contributed by atoms with van der Waals surface area (Å²) in [7, 11) is 1.43. The lowest BCUT2D eigenvalue weighted by Gasteiger charge is -2.27. The molecule has 2 unspecified atom stereocenters. The van der Waals surface area contributed by atoms with Gasteiger partial charge in [-0.2, -0.15) is 11.8 Å². The average Bonchev–Trinajstić information content (AvgIpc) is 2.23. The van der Waals surface area contributed by atoms with Gasteiger partial charge >= 0.3 is 5.97 Å². The molecule has 0 heterocycles. The normalized spacial score (nSPS) is 15.9. The summed E-state index contributed by atoms with van der Waals surface area (Å²) < 4.78 is 4.91. The van der Waals surface area contributed by atoms with Gasteiger partial charge in [-0.05, 0) is 27.0 Å². The van der Waals surface area contributed by atoms with Gasteiger partial charge in [0.15, 0.2) is 0 Å². The Kier molecular flexibility index (Phi) is 6.29. The second kappa shape index (κ2) is 6.38. The highest BCUT2D eigenvalue weighted by Gasteiger charge is 2.23. The summed E-state index contributed by atoms with van der Waals surface area (Å²) in [5.74, 6) is -0.260. The molecule has 15 heavy (non-hydrogen) atoms. The molecule has 1 N–H and O–H groups in total. The standard InChI is InChI=1S/C11H23NO2S/c1-8(10(13)14-5)9(2)12-7-11(3,4)15-6/h8-9,12H,7H2,1-6H3. The smallest absolute Gasteiger partial charge is 0.309 e. The SMILES string of the molecule is COC(=O)C(C)C(C)NCC(C)(C)SC. The van der Waals surface area contributed by atoms with Crippen LogP contribution in [0.1, 0.15) is 27.7 Å². The van der Waals surface area contributed by atoms with E-state index in [0.29, 0.717) is 0 Å². The highest BCUT2D eigenvalue weighted by molar-refractivity contribution is 7.99. The molecule has 0 aromatic carbocycles.